The lowest BCUT2D eigenvalue weighted by Crippen LogP contribution is -2.55. The van der Waals surface area contributed by atoms with Crippen molar-refractivity contribution in [3.05, 3.63) is 203 Å². The number of halogens is 4. The van der Waals surface area contributed by atoms with E-state index in [1.54, 1.807) is 34.1 Å². The SMILES string of the molecule is O=C1[C@H](CC[C@H](O)c2ccc(F)cc2)[C@@H](c2ccc(OC/C=C\COc3ccc([C@@H]4[C@@H](CC[C@H](O)c5ccc(F)cc5)C(=O)N4c4ccc(F)cc4)cc3)cc2)N1c1ccc(F)cc1. The number of carbonyl (C=O) groups is 2. The van der Waals surface area contributed by atoms with Gasteiger partial charge < -0.3 is 29.5 Å². The quantitative estimate of drug-likeness (QED) is 0.0507. The van der Waals surface area contributed by atoms with Crippen LogP contribution in [-0.4, -0.2) is 35.2 Å². The lowest BCUT2D eigenvalue weighted by atomic mass is 9.78. The zero-order valence-electron chi connectivity index (χ0n) is 34.7. The third-order valence-electron chi connectivity index (χ3n) is 12.0. The van der Waals surface area contributed by atoms with Crippen LogP contribution < -0.4 is 19.3 Å². The van der Waals surface area contributed by atoms with Crippen molar-refractivity contribution < 1.29 is 46.8 Å². The first-order chi connectivity index (χ1) is 31.0. The molecule has 12 heteroatoms. The van der Waals surface area contributed by atoms with Crippen LogP contribution in [0.1, 0.15) is 72.2 Å². The molecular formula is C52H46F4N2O6. The van der Waals surface area contributed by atoms with E-state index in [1.165, 1.54) is 72.8 Å². The Morgan fingerprint density at radius 3 is 1.11 bits per heavy atom. The number of rotatable bonds is 18. The molecule has 2 heterocycles. The van der Waals surface area contributed by atoms with Crippen LogP contribution in [0.2, 0.25) is 0 Å². The fraction of sp³-hybridized carbons (Fsp3) is 0.231. The molecule has 6 atom stereocenters. The van der Waals surface area contributed by atoms with E-state index in [2.05, 4.69) is 0 Å². The van der Waals surface area contributed by atoms with E-state index in [4.69, 9.17) is 9.47 Å². The Morgan fingerprint density at radius 2 is 0.781 bits per heavy atom. The van der Waals surface area contributed by atoms with E-state index in [9.17, 15) is 37.4 Å². The molecule has 64 heavy (non-hydrogen) atoms. The number of hydrogen-bond donors (Lipinski definition) is 2. The molecule has 2 amide bonds. The normalized spacial score (nSPS) is 19.3. The number of aliphatic hydroxyl groups excluding tert-OH is 2. The van der Waals surface area contributed by atoms with E-state index in [0.29, 0.717) is 59.7 Å². The predicted octanol–water partition coefficient (Wildman–Crippen LogP) is 10.7. The molecule has 8 nitrogen and oxygen atoms in total. The van der Waals surface area contributed by atoms with Gasteiger partial charge in [0.05, 0.1) is 36.1 Å². The second-order valence-corrected chi connectivity index (χ2v) is 16.0. The largest absolute Gasteiger partial charge is 0.490 e. The smallest absolute Gasteiger partial charge is 0.233 e. The number of benzene rings is 6. The summed E-state index contributed by atoms with van der Waals surface area (Å²) in [5, 5.41) is 21.6. The van der Waals surface area contributed by atoms with E-state index >= 15 is 0 Å². The summed E-state index contributed by atoms with van der Waals surface area (Å²) in [6.07, 6.45) is 3.31. The predicted molar refractivity (Wildman–Crippen MR) is 234 cm³/mol. The Hall–Kier alpha value is -6.76. The third-order valence-corrected chi connectivity index (χ3v) is 12.0. The van der Waals surface area contributed by atoms with Crippen molar-refractivity contribution in [3.63, 3.8) is 0 Å². The highest BCUT2D eigenvalue weighted by atomic mass is 19.1. The van der Waals surface area contributed by atoms with Crippen LogP contribution >= 0.6 is 0 Å². The molecule has 2 fully saturated rings. The number of nitrogens with zero attached hydrogens (tertiary/aromatic N) is 2. The zero-order valence-corrected chi connectivity index (χ0v) is 34.7. The lowest BCUT2D eigenvalue weighted by Gasteiger charge is -2.48. The molecule has 0 bridgehead atoms. The maximum absolute atomic E-state index is 13.8. The molecule has 6 aromatic rings. The molecule has 6 aromatic carbocycles. The number of amides is 2. The second-order valence-electron chi connectivity index (χ2n) is 16.0. The maximum atomic E-state index is 13.8. The van der Waals surface area contributed by atoms with Crippen molar-refractivity contribution in [3.8, 4) is 11.5 Å². The molecular weight excluding hydrogens is 825 g/mol. The van der Waals surface area contributed by atoms with Gasteiger partial charge in [0.15, 0.2) is 0 Å². The zero-order chi connectivity index (χ0) is 44.7. The van der Waals surface area contributed by atoms with Gasteiger partial charge in [-0.25, -0.2) is 17.6 Å². The highest BCUT2D eigenvalue weighted by Crippen LogP contribution is 2.48. The topological polar surface area (TPSA) is 99.5 Å². The van der Waals surface area contributed by atoms with Crippen LogP contribution in [0.5, 0.6) is 11.5 Å². The summed E-state index contributed by atoms with van der Waals surface area (Å²) in [6.45, 7) is 0.530. The molecule has 0 spiro atoms. The summed E-state index contributed by atoms with van der Waals surface area (Å²) < 4.78 is 66.3. The number of β-lactam (4-membered cyclic amide) rings is 2. The first kappa shape index (κ1) is 43.9. The number of hydrogen-bond acceptors (Lipinski definition) is 6. The van der Waals surface area contributed by atoms with Gasteiger partial charge in [-0.2, -0.15) is 0 Å². The van der Waals surface area contributed by atoms with Crippen molar-refractivity contribution in [2.75, 3.05) is 23.0 Å². The van der Waals surface area contributed by atoms with Crippen molar-refractivity contribution in [2.24, 2.45) is 11.8 Å². The monoisotopic (exact) mass is 870 g/mol. The van der Waals surface area contributed by atoms with Gasteiger partial charge >= 0.3 is 0 Å². The molecule has 0 saturated carbocycles. The molecule has 2 aliphatic rings. The standard InChI is InChI=1S/C52H46F4N2O6/c53-37-11-3-33(4-12-37)47(59)29-27-45-49(57(51(45)61)41-19-15-39(55)16-20-41)35-7-23-43(24-8-35)63-31-1-2-32-64-44-25-9-36(10-26-44)50-46(28-30-48(60)34-5-13-38(54)14-6-34)52(62)58(50)42-21-17-40(56)18-22-42/h1-26,45-50,59-60H,27-32H2/b2-1-/t45-,46-,47+,48+,49-,50-/m1/s1. The van der Waals surface area contributed by atoms with Gasteiger partial charge in [0, 0.05) is 11.4 Å². The van der Waals surface area contributed by atoms with Gasteiger partial charge in [0.1, 0.15) is 48.0 Å². The number of aliphatic hydroxyl groups is 2. The van der Waals surface area contributed by atoms with Crippen molar-refractivity contribution in [2.45, 2.75) is 50.0 Å². The second kappa shape index (κ2) is 19.7. The minimum atomic E-state index is -0.863. The number of ether oxygens (including phenoxy) is 2. The molecule has 2 aliphatic heterocycles. The maximum Gasteiger partial charge on any atom is 0.233 e. The summed E-state index contributed by atoms with van der Waals surface area (Å²) in [6, 6.07) is 37.0. The van der Waals surface area contributed by atoms with Crippen molar-refractivity contribution >= 4 is 23.2 Å². The Balaban J connectivity index is 0.848. The van der Waals surface area contributed by atoms with Gasteiger partial charge in [-0.05, 0) is 157 Å². The Kier molecular flexibility index (Phi) is 13.5. The van der Waals surface area contributed by atoms with Crippen LogP contribution in [0.25, 0.3) is 0 Å². The summed E-state index contributed by atoms with van der Waals surface area (Å²) in [7, 11) is 0. The van der Waals surface area contributed by atoms with Gasteiger partial charge in [-0.3, -0.25) is 9.59 Å². The molecule has 2 N–H and O–H groups in total. The van der Waals surface area contributed by atoms with Crippen LogP contribution in [0.3, 0.4) is 0 Å². The highest BCUT2D eigenvalue weighted by Gasteiger charge is 2.49. The molecule has 2 saturated heterocycles. The Bertz CT molecular complexity index is 2360. The molecule has 0 aromatic heterocycles. The molecule has 8 rings (SSSR count). The lowest BCUT2D eigenvalue weighted by molar-refractivity contribution is -0.131. The van der Waals surface area contributed by atoms with Crippen LogP contribution in [-0.2, 0) is 9.59 Å². The fourth-order valence-electron chi connectivity index (χ4n) is 8.53. The van der Waals surface area contributed by atoms with E-state index in [1.807, 2.05) is 60.7 Å². The summed E-state index contributed by atoms with van der Waals surface area (Å²) in [5.74, 6) is -1.50. The van der Waals surface area contributed by atoms with Gasteiger partial charge in [-0.15, -0.1) is 0 Å². The molecule has 0 radical (unpaired) electrons. The van der Waals surface area contributed by atoms with Crippen molar-refractivity contribution in [1.29, 1.82) is 0 Å². The average Bonchev–Trinajstić information content (AvgIpc) is 3.30. The van der Waals surface area contributed by atoms with Crippen LogP contribution in [0.15, 0.2) is 158 Å². The van der Waals surface area contributed by atoms with Gasteiger partial charge in [0.25, 0.3) is 0 Å². The first-order valence-corrected chi connectivity index (χ1v) is 21.2. The number of anilines is 2. The van der Waals surface area contributed by atoms with E-state index in [-0.39, 0.29) is 37.1 Å². The number of carbonyl (C=O) groups excluding carboxylic acids is 2. The fourth-order valence-corrected chi connectivity index (χ4v) is 8.53. The Labute approximate surface area is 368 Å². The first-order valence-electron chi connectivity index (χ1n) is 21.2. The summed E-state index contributed by atoms with van der Waals surface area (Å²) >= 11 is 0. The molecule has 0 unspecified atom stereocenters. The highest BCUT2D eigenvalue weighted by molar-refractivity contribution is 6.04. The molecule has 328 valence electrons. The van der Waals surface area contributed by atoms with Crippen molar-refractivity contribution in [1.82, 2.24) is 0 Å². The minimum Gasteiger partial charge on any atom is -0.490 e. The third kappa shape index (κ3) is 9.88. The van der Waals surface area contributed by atoms with Crippen LogP contribution in [0.4, 0.5) is 28.9 Å². The average molecular weight is 871 g/mol. The Morgan fingerprint density at radius 1 is 0.469 bits per heavy atom. The summed E-state index contributed by atoms with van der Waals surface area (Å²) in [4.78, 5) is 30.2. The van der Waals surface area contributed by atoms with E-state index in [0.717, 1.165) is 11.1 Å². The van der Waals surface area contributed by atoms with E-state index < -0.39 is 47.3 Å². The van der Waals surface area contributed by atoms with Gasteiger partial charge in [-0.1, -0.05) is 48.5 Å². The molecule has 0 aliphatic carbocycles. The summed E-state index contributed by atoms with van der Waals surface area (Å²) in [5.41, 5.74) is 4.00. The minimum absolute atomic E-state index is 0.128. The van der Waals surface area contributed by atoms with Crippen LogP contribution in [0, 0.1) is 35.1 Å². The van der Waals surface area contributed by atoms with Gasteiger partial charge in [0.2, 0.25) is 11.8 Å².